The average Bonchev–Trinajstić information content (AvgIpc) is 2.31. The minimum Gasteiger partial charge on any atom is -0.465 e. The number of rotatable bonds is 6. The molecule has 0 saturated heterocycles. The summed E-state index contributed by atoms with van der Waals surface area (Å²) in [6, 6.07) is 3.15. The molecule has 0 radical (unpaired) electrons. The molecule has 0 fully saturated rings. The first-order valence-electron chi connectivity index (χ1n) is 5.37. The van der Waals surface area contributed by atoms with Gasteiger partial charge < -0.3 is 4.74 Å². The molecule has 2 nitrogen and oxygen atoms in total. The van der Waals surface area contributed by atoms with Crippen molar-refractivity contribution in [2.45, 2.75) is 24.7 Å². The molecule has 1 aromatic carbocycles. The fraction of sp³-hybridized carbons (Fsp3) is 0.417. The number of halogens is 2. The molecule has 0 amide bonds. The summed E-state index contributed by atoms with van der Waals surface area (Å²) in [4.78, 5) is 11.4. The maximum absolute atomic E-state index is 13.2. The Morgan fingerprint density at radius 1 is 1.41 bits per heavy atom. The third-order valence-corrected chi connectivity index (χ3v) is 3.00. The quantitative estimate of drug-likeness (QED) is 0.445. The van der Waals surface area contributed by atoms with E-state index in [-0.39, 0.29) is 10.6 Å². The van der Waals surface area contributed by atoms with Gasteiger partial charge in [0.2, 0.25) is 0 Å². The molecule has 0 aliphatic carbocycles. The summed E-state index contributed by atoms with van der Waals surface area (Å²) in [5.41, 5.74) is 0. The third-order valence-electron chi connectivity index (χ3n) is 2.00. The Hall–Kier alpha value is -1.10. The summed E-state index contributed by atoms with van der Waals surface area (Å²) in [6.45, 7) is 2.37. The van der Waals surface area contributed by atoms with Crippen LogP contribution in [-0.2, 0) is 9.53 Å². The topological polar surface area (TPSA) is 26.3 Å². The van der Waals surface area contributed by atoms with Gasteiger partial charge in [0, 0.05) is 4.90 Å². The van der Waals surface area contributed by atoms with Gasteiger partial charge in [-0.25, -0.2) is 8.78 Å². The molecule has 0 N–H and O–H groups in total. The Morgan fingerprint density at radius 2 is 2.18 bits per heavy atom. The molecular weight excluding hydrogens is 246 g/mol. The van der Waals surface area contributed by atoms with Gasteiger partial charge in [-0.15, -0.1) is 11.8 Å². The highest BCUT2D eigenvalue weighted by atomic mass is 32.2. The van der Waals surface area contributed by atoms with Crippen LogP contribution in [0.15, 0.2) is 23.1 Å². The van der Waals surface area contributed by atoms with Crippen molar-refractivity contribution in [1.29, 1.82) is 0 Å². The highest BCUT2D eigenvalue weighted by Gasteiger charge is 2.08. The molecule has 0 aliphatic rings. The van der Waals surface area contributed by atoms with Crippen LogP contribution in [0.5, 0.6) is 0 Å². The molecule has 0 bridgehead atoms. The van der Waals surface area contributed by atoms with Crippen LogP contribution in [0.3, 0.4) is 0 Å². The standard InChI is InChI=1S/C12H14F2O2S/c1-2-3-6-16-12(15)8-17-11-7-9(13)4-5-10(11)14/h4-5,7H,2-3,6,8H2,1H3. The molecule has 0 unspecified atom stereocenters. The number of hydrogen-bond acceptors (Lipinski definition) is 3. The number of esters is 1. The van der Waals surface area contributed by atoms with Crippen molar-refractivity contribution >= 4 is 17.7 Å². The zero-order valence-electron chi connectivity index (χ0n) is 9.54. The van der Waals surface area contributed by atoms with E-state index in [9.17, 15) is 13.6 Å². The molecule has 0 saturated carbocycles. The zero-order chi connectivity index (χ0) is 12.7. The van der Waals surface area contributed by atoms with Gasteiger partial charge in [0.1, 0.15) is 11.6 Å². The SMILES string of the molecule is CCCCOC(=O)CSc1cc(F)ccc1F. The fourth-order valence-electron chi connectivity index (χ4n) is 1.10. The Kier molecular flexibility index (Phi) is 5.97. The smallest absolute Gasteiger partial charge is 0.316 e. The van der Waals surface area contributed by atoms with Crippen molar-refractivity contribution in [3.05, 3.63) is 29.8 Å². The summed E-state index contributed by atoms with van der Waals surface area (Å²) >= 11 is 0.938. The third kappa shape index (κ3) is 5.17. The summed E-state index contributed by atoms with van der Waals surface area (Å²) in [6.07, 6.45) is 1.75. The maximum Gasteiger partial charge on any atom is 0.316 e. The van der Waals surface area contributed by atoms with Gasteiger partial charge in [-0.1, -0.05) is 13.3 Å². The molecule has 94 valence electrons. The first kappa shape index (κ1) is 14.0. The molecule has 5 heteroatoms. The minimum atomic E-state index is -0.530. The highest BCUT2D eigenvalue weighted by Crippen LogP contribution is 2.22. The van der Waals surface area contributed by atoms with Crippen LogP contribution < -0.4 is 0 Å². The number of benzene rings is 1. The van der Waals surface area contributed by atoms with Gasteiger partial charge in [0.05, 0.1) is 12.4 Å². The Balaban J connectivity index is 2.39. The van der Waals surface area contributed by atoms with E-state index in [1.165, 1.54) is 0 Å². The molecule has 0 atom stereocenters. The highest BCUT2D eigenvalue weighted by molar-refractivity contribution is 8.00. The lowest BCUT2D eigenvalue weighted by Gasteiger charge is -2.04. The van der Waals surface area contributed by atoms with Crippen LogP contribution in [-0.4, -0.2) is 18.3 Å². The lowest BCUT2D eigenvalue weighted by atomic mass is 10.3. The fourth-order valence-corrected chi connectivity index (χ4v) is 1.86. The van der Waals surface area contributed by atoms with Crippen molar-refractivity contribution in [1.82, 2.24) is 0 Å². The van der Waals surface area contributed by atoms with Crippen molar-refractivity contribution in [2.75, 3.05) is 12.4 Å². The van der Waals surface area contributed by atoms with E-state index in [1.54, 1.807) is 0 Å². The normalized spacial score (nSPS) is 10.3. The number of unbranched alkanes of at least 4 members (excludes halogenated alkanes) is 1. The van der Waals surface area contributed by atoms with Crippen LogP contribution >= 0.6 is 11.8 Å². The monoisotopic (exact) mass is 260 g/mol. The van der Waals surface area contributed by atoms with Gasteiger partial charge >= 0.3 is 5.97 Å². The van der Waals surface area contributed by atoms with Gasteiger partial charge in [-0.05, 0) is 24.6 Å². The molecule has 1 aromatic rings. The van der Waals surface area contributed by atoms with Crippen LogP contribution in [0.25, 0.3) is 0 Å². The van der Waals surface area contributed by atoms with Crippen molar-refractivity contribution < 1.29 is 18.3 Å². The van der Waals surface area contributed by atoms with Crippen molar-refractivity contribution in [2.24, 2.45) is 0 Å². The number of hydrogen-bond donors (Lipinski definition) is 0. The number of thioether (sulfide) groups is 1. The molecule has 1 rings (SSSR count). The number of carbonyl (C=O) groups excluding carboxylic acids is 1. The van der Waals surface area contributed by atoms with E-state index >= 15 is 0 Å². The van der Waals surface area contributed by atoms with E-state index in [2.05, 4.69) is 0 Å². The van der Waals surface area contributed by atoms with Crippen molar-refractivity contribution in [3.63, 3.8) is 0 Å². The first-order valence-corrected chi connectivity index (χ1v) is 6.35. The maximum atomic E-state index is 13.2. The molecular formula is C12H14F2O2S. The van der Waals surface area contributed by atoms with Gasteiger partial charge in [-0.3, -0.25) is 4.79 Å². The summed E-state index contributed by atoms with van der Waals surface area (Å²) in [5, 5.41) is 0. The van der Waals surface area contributed by atoms with E-state index in [0.717, 1.165) is 42.8 Å². The second kappa shape index (κ2) is 7.27. The molecule has 0 aliphatic heterocycles. The van der Waals surface area contributed by atoms with E-state index < -0.39 is 17.6 Å². The van der Waals surface area contributed by atoms with E-state index in [4.69, 9.17) is 4.74 Å². The largest absolute Gasteiger partial charge is 0.465 e. The summed E-state index contributed by atoms with van der Waals surface area (Å²) in [5.74, 6) is -1.47. The van der Waals surface area contributed by atoms with Crippen LogP contribution in [0.4, 0.5) is 8.78 Å². The van der Waals surface area contributed by atoms with Gasteiger partial charge in [0.15, 0.2) is 0 Å². The first-order chi connectivity index (χ1) is 8.13. The van der Waals surface area contributed by atoms with Crippen LogP contribution in [0.2, 0.25) is 0 Å². The number of ether oxygens (including phenoxy) is 1. The molecule has 17 heavy (non-hydrogen) atoms. The molecule has 0 aromatic heterocycles. The Bertz CT molecular complexity index is 383. The predicted octanol–water partition coefficient (Wildman–Crippen LogP) is 3.40. The second-order valence-electron chi connectivity index (χ2n) is 3.44. The predicted molar refractivity (Wildman–Crippen MR) is 62.9 cm³/mol. The molecule has 0 heterocycles. The lowest BCUT2D eigenvalue weighted by molar-refractivity contribution is -0.140. The minimum absolute atomic E-state index is 0.00983. The zero-order valence-corrected chi connectivity index (χ0v) is 10.4. The van der Waals surface area contributed by atoms with Gasteiger partial charge in [0.25, 0.3) is 0 Å². The molecule has 0 spiro atoms. The average molecular weight is 260 g/mol. The summed E-state index contributed by atoms with van der Waals surface area (Å²) in [7, 11) is 0. The lowest BCUT2D eigenvalue weighted by Crippen LogP contribution is -2.08. The van der Waals surface area contributed by atoms with E-state index in [1.807, 2.05) is 6.92 Å². The number of carbonyl (C=O) groups is 1. The van der Waals surface area contributed by atoms with Crippen molar-refractivity contribution in [3.8, 4) is 0 Å². The van der Waals surface area contributed by atoms with E-state index in [0.29, 0.717) is 6.61 Å². The Labute approximate surface area is 103 Å². The van der Waals surface area contributed by atoms with Crippen LogP contribution in [0.1, 0.15) is 19.8 Å². The second-order valence-corrected chi connectivity index (χ2v) is 4.45. The summed E-state index contributed by atoms with van der Waals surface area (Å²) < 4.78 is 30.9. The Morgan fingerprint density at radius 3 is 2.88 bits per heavy atom. The van der Waals surface area contributed by atoms with Gasteiger partial charge in [-0.2, -0.15) is 0 Å². The van der Waals surface area contributed by atoms with Crippen LogP contribution in [0, 0.1) is 11.6 Å².